The number of allylic oxidation sites excluding steroid dienone is 4. The molecule has 1 atom stereocenters. The van der Waals surface area contributed by atoms with Crippen molar-refractivity contribution in [2.24, 2.45) is 4.99 Å². The molecule has 0 aliphatic heterocycles. The van der Waals surface area contributed by atoms with Crippen LogP contribution in [-0.4, -0.2) is 5.71 Å². The molecule has 0 saturated heterocycles. The van der Waals surface area contributed by atoms with Crippen molar-refractivity contribution in [2.45, 2.75) is 51.9 Å². The highest BCUT2D eigenvalue weighted by molar-refractivity contribution is 6.02. The number of fused-ring (bicyclic) bond motifs is 6. The molecule has 248 valence electrons. The van der Waals surface area contributed by atoms with Crippen molar-refractivity contribution in [3.05, 3.63) is 196 Å². The molecule has 6 aromatic rings. The molecular formula is C49H42N2. The van der Waals surface area contributed by atoms with Gasteiger partial charge in [0, 0.05) is 28.7 Å². The molecule has 0 N–H and O–H groups in total. The van der Waals surface area contributed by atoms with Gasteiger partial charge in [0.1, 0.15) is 0 Å². The van der Waals surface area contributed by atoms with Gasteiger partial charge in [0.2, 0.25) is 0 Å². The molecule has 0 heterocycles. The van der Waals surface area contributed by atoms with Gasteiger partial charge in [0.25, 0.3) is 0 Å². The summed E-state index contributed by atoms with van der Waals surface area (Å²) in [5, 5.41) is 0. The Bertz CT molecular complexity index is 2360. The lowest BCUT2D eigenvalue weighted by Gasteiger charge is -2.29. The highest BCUT2D eigenvalue weighted by Crippen LogP contribution is 2.47. The van der Waals surface area contributed by atoms with Crippen molar-refractivity contribution in [3.8, 4) is 11.1 Å². The maximum atomic E-state index is 5.33. The number of rotatable bonds is 7. The van der Waals surface area contributed by atoms with E-state index in [0.29, 0.717) is 5.92 Å². The van der Waals surface area contributed by atoms with E-state index >= 15 is 0 Å². The quantitative estimate of drug-likeness (QED) is 0.156. The largest absolute Gasteiger partial charge is 0.310 e. The average Bonchev–Trinajstić information content (AvgIpc) is 3.56. The molecule has 9 rings (SSSR count). The van der Waals surface area contributed by atoms with Gasteiger partial charge < -0.3 is 4.90 Å². The minimum Gasteiger partial charge on any atom is -0.310 e. The van der Waals surface area contributed by atoms with Crippen LogP contribution in [0.3, 0.4) is 0 Å². The first-order valence-corrected chi connectivity index (χ1v) is 18.5. The number of benzene rings is 6. The summed E-state index contributed by atoms with van der Waals surface area (Å²) in [7, 11) is 0. The van der Waals surface area contributed by atoms with Crippen molar-refractivity contribution in [1.82, 2.24) is 0 Å². The Kier molecular flexibility index (Phi) is 8.09. The zero-order valence-corrected chi connectivity index (χ0v) is 29.4. The molecule has 0 saturated carbocycles. The highest BCUT2D eigenvalue weighted by Gasteiger charge is 2.30. The second-order valence-corrected chi connectivity index (χ2v) is 14.2. The molecule has 0 spiro atoms. The molecule has 1 unspecified atom stereocenters. The zero-order chi connectivity index (χ0) is 34.3. The molecule has 2 nitrogen and oxygen atoms in total. The van der Waals surface area contributed by atoms with E-state index in [1.54, 1.807) is 5.57 Å². The predicted octanol–water partition coefficient (Wildman–Crippen LogP) is 12.8. The lowest BCUT2D eigenvalue weighted by Crippen LogP contribution is -2.12. The van der Waals surface area contributed by atoms with Gasteiger partial charge in [-0.1, -0.05) is 128 Å². The molecule has 0 bridgehead atoms. The standard InChI is InChI=1S/C49H42N2/c1-3-48(34-13-6-4-7-14-34)50-49-33(2)21-26-45-44-28-25-42(31-39(44)24-27-46(45)49)51(40-17-8-5-9-18-40)41-19-12-16-35(30-41)36-22-23-38-29-37-15-10-11-20-43(37)47(38)32-36/h4-23,25-26,28,30-31,47H,3,24,27,29,32H2,1-2H3. The summed E-state index contributed by atoms with van der Waals surface area (Å²) < 4.78 is 0. The number of nitrogens with zero attached hydrogens (tertiary/aromatic N) is 2. The number of aryl methyl sites for hydroxylation is 2. The summed E-state index contributed by atoms with van der Waals surface area (Å²) in [6.45, 7) is 4.41. The van der Waals surface area contributed by atoms with E-state index in [1.165, 1.54) is 67.0 Å². The van der Waals surface area contributed by atoms with Crippen LogP contribution in [0.2, 0.25) is 0 Å². The Balaban J connectivity index is 1.08. The maximum absolute atomic E-state index is 5.33. The van der Waals surface area contributed by atoms with Crippen molar-refractivity contribution < 1.29 is 0 Å². The van der Waals surface area contributed by atoms with E-state index in [1.807, 2.05) is 0 Å². The number of aliphatic imine (C=N–C) groups is 1. The van der Waals surface area contributed by atoms with Gasteiger partial charge in [-0.25, -0.2) is 0 Å². The first-order chi connectivity index (χ1) is 25.1. The third-order valence-corrected chi connectivity index (χ3v) is 11.1. The van der Waals surface area contributed by atoms with Crippen molar-refractivity contribution in [2.75, 3.05) is 4.90 Å². The Morgan fingerprint density at radius 1 is 0.667 bits per heavy atom. The van der Waals surface area contributed by atoms with Gasteiger partial charge in [0.15, 0.2) is 0 Å². The molecule has 0 radical (unpaired) electrons. The maximum Gasteiger partial charge on any atom is 0.0700 e. The summed E-state index contributed by atoms with van der Waals surface area (Å²) in [5.41, 5.74) is 20.9. The third kappa shape index (κ3) is 5.75. The monoisotopic (exact) mass is 658 g/mol. The van der Waals surface area contributed by atoms with E-state index in [9.17, 15) is 0 Å². The minimum atomic E-state index is 0.487. The van der Waals surface area contributed by atoms with Crippen molar-refractivity contribution in [1.29, 1.82) is 0 Å². The fourth-order valence-electron chi connectivity index (χ4n) is 8.55. The molecular weight excluding hydrogens is 617 g/mol. The van der Waals surface area contributed by atoms with Crippen molar-refractivity contribution in [3.63, 3.8) is 0 Å². The van der Waals surface area contributed by atoms with E-state index < -0.39 is 0 Å². The van der Waals surface area contributed by atoms with Gasteiger partial charge in [0.05, 0.1) is 5.69 Å². The molecule has 0 fully saturated rings. The topological polar surface area (TPSA) is 15.6 Å². The Hall–Kier alpha value is -5.73. The van der Waals surface area contributed by atoms with Gasteiger partial charge in [-0.15, -0.1) is 0 Å². The first kappa shape index (κ1) is 31.3. The fraction of sp³-hybridized carbons (Fsp3) is 0.163. The number of para-hydroxylation sites is 1. The minimum absolute atomic E-state index is 0.487. The van der Waals surface area contributed by atoms with Crippen molar-refractivity contribution >= 4 is 34.0 Å². The number of hydrogen-bond acceptors (Lipinski definition) is 2. The molecule has 3 aliphatic carbocycles. The summed E-state index contributed by atoms with van der Waals surface area (Å²) in [4.78, 5) is 7.76. The summed E-state index contributed by atoms with van der Waals surface area (Å²) in [6, 6.07) is 51.2. The normalized spacial score (nSPS) is 16.0. The number of hydrogen-bond donors (Lipinski definition) is 0. The third-order valence-electron chi connectivity index (χ3n) is 11.1. The van der Waals surface area contributed by atoms with Crippen LogP contribution in [0, 0.1) is 6.92 Å². The van der Waals surface area contributed by atoms with Crippen LogP contribution < -0.4 is 4.90 Å². The Morgan fingerprint density at radius 3 is 2.25 bits per heavy atom. The first-order valence-electron chi connectivity index (χ1n) is 18.5. The van der Waals surface area contributed by atoms with Gasteiger partial charge in [-0.3, -0.25) is 4.99 Å². The summed E-state index contributed by atoms with van der Waals surface area (Å²) >= 11 is 0. The van der Waals surface area contributed by atoms with Crippen LogP contribution >= 0.6 is 0 Å². The second-order valence-electron chi connectivity index (χ2n) is 14.2. The van der Waals surface area contributed by atoms with Crippen LogP contribution in [0.15, 0.2) is 162 Å². The van der Waals surface area contributed by atoms with Gasteiger partial charge in [-0.05, 0) is 131 Å². The smallest absolute Gasteiger partial charge is 0.0700 e. The lowest BCUT2D eigenvalue weighted by atomic mass is 9.83. The van der Waals surface area contributed by atoms with Crippen LogP contribution in [0.5, 0.6) is 0 Å². The van der Waals surface area contributed by atoms with Gasteiger partial charge in [-0.2, -0.15) is 0 Å². The molecule has 0 amide bonds. The SMILES string of the molecule is CCC(=Nc1c(C)ccc2c1CCc1cc(N(c3ccccc3)c3cccc(C4=CC=C5Cc6ccccc6C5C4)c3)ccc1-2)c1ccccc1. The average molecular weight is 659 g/mol. The van der Waals surface area contributed by atoms with Gasteiger partial charge >= 0.3 is 0 Å². The Morgan fingerprint density at radius 2 is 1.41 bits per heavy atom. The van der Waals surface area contributed by atoms with Crippen LogP contribution in [0.25, 0.3) is 16.7 Å². The summed E-state index contributed by atoms with van der Waals surface area (Å²) in [6.07, 6.45) is 9.74. The molecule has 51 heavy (non-hydrogen) atoms. The summed E-state index contributed by atoms with van der Waals surface area (Å²) in [5.74, 6) is 0.487. The molecule has 0 aromatic heterocycles. The fourth-order valence-corrected chi connectivity index (χ4v) is 8.55. The van der Waals surface area contributed by atoms with Crippen LogP contribution in [0.1, 0.15) is 64.6 Å². The lowest BCUT2D eigenvalue weighted by molar-refractivity contribution is 0.834. The highest BCUT2D eigenvalue weighted by atomic mass is 15.1. The molecule has 3 aliphatic rings. The predicted molar refractivity (Wildman–Crippen MR) is 215 cm³/mol. The Labute approximate surface area is 302 Å². The van der Waals surface area contributed by atoms with Crippen LogP contribution in [-0.2, 0) is 19.3 Å². The van der Waals surface area contributed by atoms with E-state index in [-0.39, 0.29) is 0 Å². The van der Waals surface area contributed by atoms with E-state index in [2.05, 4.69) is 170 Å². The second kappa shape index (κ2) is 13.2. The number of anilines is 3. The molecule has 2 heteroatoms. The van der Waals surface area contributed by atoms with E-state index in [4.69, 9.17) is 4.99 Å². The zero-order valence-electron chi connectivity index (χ0n) is 29.4. The van der Waals surface area contributed by atoms with Crippen LogP contribution in [0.4, 0.5) is 22.7 Å². The molecule has 6 aromatic carbocycles. The van der Waals surface area contributed by atoms with E-state index in [0.717, 1.165) is 49.2 Å².